The van der Waals surface area contributed by atoms with E-state index < -0.39 is 46.6 Å². The van der Waals surface area contributed by atoms with E-state index in [0.29, 0.717) is 19.1 Å². The first-order valence-corrected chi connectivity index (χ1v) is 11.4. The lowest BCUT2D eigenvalue weighted by Gasteiger charge is -2.30. The van der Waals surface area contributed by atoms with Gasteiger partial charge in [-0.2, -0.15) is 0 Å². The molecule has 0 aliphatic carbocycles. The third kappa shape index (κ3) is 6.64. The highest BCUT2D eigenvalue weighted by molar-refractivity contribution is 5.96. The van der Waals surface area contributed by atoms with Crippen molar-refractivity contribution < 1.29 is 33.0 Å². The number of hydrogen-bond acceptors (Lipinski definition) is 6. The number of rotatable bonds is 10. The smallest absolute Gasteiger partial charge is 0.356 e. The molecule has 9 nitrogen and oxygen atoms in total. The van der Waals surface area contributed by atoms with Gasteiger partial charge in [0.05, 0.1) is 19.8 Å². The van der Waals surface area contributed by atoms with Crippen molar-refractivity contribution in [2.45, 2.75) is 58.5 Å². The second kappa shape index (κ2) is 11.9. The molecule has 1 saturated heterocycles. The number of carbonyl (C=O) groups excluding carboxylic acids is 1. The Bertz CT molecular complexity index is 1140. The number of carbonyl (C=O) groups is 2. The van der Waals surface area contributed by atoms with Gasteiger partial charge in [0.2, 0.25) is 5.43 Å². The number of benzene rings is 1. The second-order valence-electron chi connectivity index (χ2n) is 8.34. The van der Waals surface area contributed by atoms with Gasteiger partial charge in [0.1, 0.15) is 23.4 Å². The van der Waals surface area contributed by atoms with Crippen molar-refractivity contribution in [2.75, 3.05) is 13.2 Å². The van der Waals surface area contributed by atoms with Crippen LogP contribution < -0.4 is 20.8 Å². The third-order valence-electron chi connectivity index (χ3n) is 5.59. The number of hydrogen-bond donors (Lipinski definition) is 3. The lowest BCUT2D eigenvalue weighted by atomic mass is 10.1. The minimum Gasteiger partial charge on any atom is -0.487 e. The second-order valence-corrected chi connectivity index (χ2v) is 8.34. The van der Waals surface area contributed by atoms with Crippen LogP contribution in [0.1, 0.15) is 59.5 Å². The monoisotopic (exact) mass is 493 g/mol. The Balaban J connectivity index is 1.96. The summed E-state index contributed by atoms with van der Waals surface area (Å²) >= 11 is 0. The SMILES string of the molecule is CCCCOc1c(C(=O)O)n(C[C@@H]2N[C@H](C)CCO2)cc(C(=O)NCc2ccc(F)cc2F)c1=O. The lowest BCUT2D eigenvalue weighted by Crippen LogP contribution is -2.47. The fourth-order valence-corrected chi connectivity index (χ4v) is 3.67. The maximum atomic E-state index is 14.0. The van der Waals surface area contributed by atoms with Crippen molar-refractivity contribution in [3.63, 3.8) is 0 Å². The van der Waals surface area contributed by atoms with Crippen molar-refractivity contribution >= 4 is 11.9 Å². The Hall–Kier alpha value is -3.31. The average molecular weight is 494 g/mol. The van der Waals surface area contributed by atoms with Crippen LogP contribution in [0.15, 0.2) is 29.2 Å². The number of ether oxygens (including phenoxy) is 2. The van der Waals surface area contributed by atoms with Gasteiger partial charge in [-0.25, -0.2) is 13.6 Å². The largest absolute Gasteiger partial charge is 0.487 e. The Kier molecular flexibility index (Phi) is 8.94. The van der Waals surface area contributed by atoms with Crippen LogP contribution in [0, 0.1) is 11.6 Å². The van der Waals surface area contributed by atoms with E-state index in [4.69, 9.17) is 9.47 Å². The molecule has 11 heteroatoms. The van der Waals surface area contributed by atoms with E-state index in [9.17, 15) is 28.3 Å². The number of amides is 1. The molecule has 1 fully saturated rings. The summed E-state index contributed by atoms with van der Waals surface area (Å²) < 4.78 is 39.6. The van der Waals surface area contributed by atoms with Crippen LogP contribution in [0.25, 0.3) is 0 Å². The Labute approximate surface area is 201 Å². The molecule has 1 amide bonds. The molecule has 3 rings (SSSR count). The molecular weight excluding hydrogens is 464 g/mol. The van der Waals surface area contributed by atoms with Crippen LogP contribution in [-0.4, -0.2) is 47.0 Å². The summed E-state index contributed by atoms with van der Waals surface area (Å²) in [5, 5.41) is 15.5. The first-order chi connectivity index (χ1) is 16.7. The minimum absolute atomic E-state index is 0.00324. The highest BCUT2D eigenvalue weighted by Crippen LogP contribution is 2.19. The molecule has 1 aliphatic rings. The van der Waals surface area contributed by atoms with Crippen LogP contribution >= 0.6 is 0 Å². The minimum atomic E-state index is -1.39. The van der Waals surface area contributed by atoms with Crippen LogP contribution in [0.3, 0.4) is 0 Å². The van der Waals surface area contributed by atoms with E-state index in [1.165, 1.54) is 10.6 Å². The molecule has 0 radical (unpaired) electrons. The van der Waals surface area contributed by atoms with Gasteiger partial charge in [-0.1, -0.05) is 19.4 Å². The number of halogens is 2. The first kappa shape index (κ1) is 26.3. The summed E-state index contributed by atoms with van der Waals surface area (Å²) in [7, 11) is 0. The summed E-state index contributed by atoms with van der Waals surface area (Å²) in [6, 6.07) is 3.06. The topological polar surface area (TPSA) is 119 Å². The number of nitrogens with one attached hydrogen (secondary N) is 2. The predicted molar refractivity (Wildman–Crippen MR) is 123 cm³/mol. The molecular formula is C24H29F2N3O6. The summed E-state index contributed by atoms with van der Waals surface area (Å²) in [4.78, 5) is 38.1. The zero-order chi connectivity index (χ0) is 25.5. The zero-order valence-electron chi connectivity index (χ0n) is 19.6. The summed E-state index contributed by atoms with van der Waals surface area (Å²) in [5.74, 6) is -4.29. The van der Waals surface area contributed by atoms with E-state index in [2.05, 4.69) is 10.6 Å². The average Bonchev–Trinajstić information content (AvgIpc) is 2.80. The molecule has 3 N–H and O–H groups in total. The Morgan fingerprint density at radius 2 is 2.11 bits per heavy atom. The summed E-state index contributed by atoms with van der Waals surface area (Å²) in [6.45, 7) is 4.13. The van der Waals surface area contributed by atoms with Crippen LogP contribution in [0.4, 0.5) is 8.78 Å². The van der Waals surface area contributed by atoms with E-state index in [0.717, 1.165) is 25.1 Å². The molecule has 2 atom stereocenters. The van der Waals surface area contributed by atoms with E-state index in [1.54, 1.807) is 0 Å². The van der Waals surface area contributed by atoms with Gasteiger partial charge in [0.25, 0.3) is 5.91 Å². The highest BCUT2D eigenvalue weighted by atomic mass is 19.1. The standard InChI is InChI=1S/C24H29F2N3O6/c1-3-4-8-35-22-20(24(32)33)29(13-19-28-14(2)7-9-34-19)12-17(21(22)30)23(31)27-11-15-5-6-16(25)10-18(15)26/h5-6,10,12,14,19,28H,3-4,7-9,11,13H2,1-2H3,(H,27,31)(H,32,33)/t14-,19-/m1/s1. The number of aromatic carboxylic acids is 1. The molecule has 190 valence electrons. The van der Waals surface area contributed by atoms with Gasteiger partial charge < -0.3 is 24.5 Å². The Morgan fingerprint density at radius 1 is 1.34 bits per heavy atom. The van der Waals surface area contributed by atoms with Crippen molar-refractivity contribution in [1.29, 1.82) is 0 Å². The van der Waals surface area contributed by atoms with Crippen molar-refractivity contribution in [2.24, 2.45) is 0 Å². The number of unbranched alkanes of at least 4 members (excludes halogenated alkanes) is 1. The van der Waals surface area contributed by atoms with Crippen molar-refractivity contribution in [3.8, 4) is 5.75 Å². The Morgan fingerprint density at radius 3 is 2.77 bits per heavy atom. The van der Waals surface area contributed by atoms with E-state index >= 15 is 0 Å². The van der Waals surface area contributed by atoms with Gasteiger partial charge in [0.15, 0.2) is 11.4 Å². The number of aromatic nitrogens is 1. The maximum Gasteiger partial charge on any atom is 0.356 e. The van der Waals surface area contributed by atoms with Crippen LogP contribution in [-0.2, 0) is 17.8 Å². The molecule has 1 aromatic carbocycles. The highest BCUT2D eigenvalue weighted by Gasteiger charge is 2.28. The van der Waals surface area contributed by atoms with Gasteiger partial charge in [-0.15, -0.1) is 0 Å². The summed E-state index contributed by atoms with van der Waals surface area (Å²) in [6.07, 6.45) is 2.69. The zero-order valence-corrected chi connectivity index (χ0v) is 19.6. The predicted octanol–water partition coefficient (Wildman–Crippen LogP) is 2.66. The number of pyridine rings is 1. The molecule has 0 saturated carbocycles. The van der Waals surface area contributed by atoms with Crippen LogP contribution in [0.2, 0.25) is 0 Å². The molecule has 1 aromatic heterocycles. The van der Waals surface area contributed by atoms with Gasteiger partial charge in [-0.3, -0.25) is 14.9 Å². The first-order valence-electron chi connectivity index (χ1n) is 11.4. The number of nitrogens with zero attached hydrogens (tertiary/aromatic N) is 1. The summed E-state index contributed by atoms with van der Waals surface area (Å²) in [5.41, 5.74) is -1.63. The van der Waals surface area contributed by atoms with E-state index in [1.807, 2.05) is 13.8 Å². The fourth-order valence-electron chi connectivity index (χ4n) is 3.67. The van der Waals surface area contributed by atoms with Crippen molar-refractivity contribution in [1.82, 2.24) is 15.2 Å². The molecule has 1 aliphatic heterocycles. The van der Waals surface area contributed by atoms with Gasteiger partial charge >= 0.3 is 5.97 Å². The lowest BCUT2D eigenvalue weighted by molar-refractivity contribution is -0.0249. The molecule has 0 unspecified atom stereocenters. The van der Waals surface area contributed by atoms with E-state index in [-0.39, 0.29) is 36.9 Å². The molecule has 2 heterocycles. The van der Waals surface area contributed by atoms with Gasteiger partial charge in [-0.05, 0) is 25.8 Å². The molecule has 0 spiro atoms. The normalized spacial score (nSPS) is 17.7. The molecule has 0 bridgehead atoms. The quantitative estimate of drug-likeness (QED) is 0.436. The fraction of sp³-hybridized carbons (Fsp3) is 0.458. The van der Waals surface area contributed by atoms with Gasteiger partial charge in [0, 0.05) is 30.4 Å². The molecule has 2 aromatic rings. The maximum absolute atomic E-state index is 14.0. The van der Waals surface area contributed by atoms with Crippen LogP contribution in [0.5, 0.6) is 5.75 Å². The van der Waals surface area contributed by atoms with Crippen molar-refractivity contribution in [3.05, 3.63) is 63.1 Å². The number of carboxylic acids is 1. The molecule has 35 heavy (non-hydrogen) atoms. The third-order valence-corrected chi connectivity index (χ3v) is 5.59. The number of carboxylic acid groups (broad SMARTS) is 1.